The van der Waals surface area contributed by atoms with Gasteiger partial charge in [-0.25, -0.2) is 26.5 Å². The molecule has 0 radical (unpaired) electrons. The molecule has 1 unspecified atom stereocenters. The van der Waals surface area contributed by atoms with Crippen LogP contribution < -0.4 is 4.72 Å². The standard InChI is InChI=1S/C24H25N3O4S2/c1-18-12-14-20(15-13-18)33(30,31)26-21(19-8-4-3-5-9-19)16-17-27-23-11-7-6-10-22(23)25-24(27)32(2,28)29/h3-15,21,26H,16-17H2,1-2H3. The molecule has 0 amide bonds. The SMILES string of the molecule is Cc1ccc(S(=O)(=O)NC(CCn2c(S(C)(=O)=O)nc3ccccc32)c2ccccc2)cc1. The predicted molar refractivity (Wildman–Crippen MR) is 128 cm³/mol. The first-order valence-corrected chi connectivity index (χ1v) is 13.8. The van der Waals surface area contributed by atoms with E-state index < -0.39 is 25.9 Å². The van der Waals surface area contributed by atoms with Crippen LogP contribution in [0.3, 0.4) is 0 Å². The van der Waals surface area contributed by atoms with Gasteiger partial charge in [-0.05, 0) is 43.2 Å². The highest BCUT2D eigenvalue weighted by Gasteiger charge is 2.24. The molecular weight excluding hydrogens is 458 g/mol. The first-order chi connectivity index (χ1) is 15.6. The third-order valence-corrected chi connectivity index (χ3v) is 7.89. The molecule has 0 aliphatic carbocycles. The van der Waals surface area contributed by atoms with Crippen molar-refractivity contribution in [2.45, 2.75) is 36.0 Å². The second-order valence-corrected chi connectivity index (χ2v) is 11.6. The summed E-state index contributed by atoms with van der Waals surface area (Å²) in [6, 6.07) is 22.5. The van der Waals surface area contributed by atoms with E-state index >= 15 is 0 Å². The second kappa shape index (κ2) is 9.09. The Morgan fingerprint density at radius 3 is 2.18 bits per heavy atom. The van der Waals surface area contributed by atoms with Gasteiger partial charge in [0.25, 0.3) is 0 Å². The lowest BCUT2D eigenvalue weighted by molar-refractivity contribution is 0.492. The molecule has 1 N–H and O–H groups in total. The van der Waals surface area contributed by atoms with Crippen LogP contribution in [0.2, 0.25) is 0 Å². The third kappa shape index (κ3) is 5.16. The molecule has 33 heavy (non-hydrogen) atoms. The number of aryl methyl sites for hydroxylation is 2. The zero-order valence-corrected chi connectivity index (χ0v) is 20.0. The van der Waals surface area contributed by atoms with Gasteiger partial charge < -0.3 is 4.57 Å². The van der Waals surface area contributed by atoms with E-state index in [1.807, 2.05) is 49.4 Å². The molecule has 172 valence electrons. The van der Waals surface area contributed by atoms with Crippen molar-refractivity contribution in [3.05, 3.63) is 90.0 Å². The van der Waals surface area contributed by atoms with Crippen LogP contribution in [-0.4, -0.2) is 32.6 Å². The van der Waals surface area contributed by atoms with Gasteiger partial charge in [-0.15, -0.1) is 0 Å². The minimum Gasteiger partial charge on any atom is -0.315 e. The molecule has 1 aromatic heterocycles. The molecule has 4 aromatic rings. The molecule has 1 atom stereocenters. The number of hydrogen-bond donors (Lipinski definition) is 1. The molecule has 9 heteroatoms. The fraction of sp³-hybridized carbons (Fsp3) is 0.208. The second-order valence-electron chi connectivity index (χ2n) is 7.99. The fourth-order valence-corrected chi connectivity index (χ4v) is 5.88. The minimum absolute atomic E-state index is 0.0306. The highest BCUT2D eigenvalue weighted by atomic mass is 32.2. The van der Waals surface area contributed by atoms with Crippen molar-refractivity contribution in [3.8, 4) is 0 Å². The number of aromatic nitrogens is 2. The number of hydrogen-bond acceptors (Lipinski definition) is 5. The van der Waals surface area contributed by atoms with E-state index in [0.29, 0.717) is 17.5 Å². The third-order valence-electron chi connectivity index (χ3n) is 5.42. The van der Waals surface area contributed by atoms with Gasteiger partial charge in [-0.1, -0.05) is 60.2 Å². The van der Waals surface area contributed by atoms with Gasteiger partial charge in [-0.2, -0.15) is 0 Å². The van der Waals surface area contributed by atoms with Crippen molar-refractivity contribution in [1.29, 1.82) is 0 Å². The van der Waals surface area contributed by atoms with E-state index in [4.69, 9.17) is 0 Å². The van der Waals surface area contributed by atoms with Gasteiger partial charge in [0.1, 0.15) is 0 Å². The average Bonchev–Trinajstić information content (AvgIpc) is 3.17. The minimum atomic E-state index is -3.79. The normalized spacial score (nSPS) is 13.3. The van der Waals surface area contributed by atoms with Crippen LogP contribution >= 0.6 is 0 Å². The van der Waals surface area contributed by atoms with E-state index in [1.54, 1.807) is 41.0 Å². The van der Waals surface area contributed by atoms with E-state index in [2.05, 4.69) is 9.71 Å². The number of sulfone groups is 1. The maximum absolute atomic E-state index is 13.1. The molecule has 4 rings (SSSR count). The van der Waals surface area contributed by atoms with Crippen LogP contribution in [0.25, 0.3) is 11.0 Å². The van der Waals surface area contributed by atoms with Crippen molar-refractivity contribution < 1.29 is 16.8 Å². The molecule has 0 aliphatic rings. The number of benzene rings is 3. The van der Waals surface area contributed by atoms with Crippen molar-refractivity contribution >= 4 is 30.9 Å². The topological polar surface area (TPSA) is 98.1 Å². The van der Waals surface area contributed by atoms with Crippen molar-refractivity contribution in [1.82, 2.24) is 14.3 Å². The summed E-state index contributed by atoms with van der Waals surface area (Å²) < 4.78 is 55.4. The molecule has 0 saturated heterocycles. The Labute approximate surface area is 194 Å². The Morgan fingerprint density at radius 2 is 1.52 bits per heavy atom. The molecule has 0 aliphatic heterocycles. The van der Waals surface area contributed by atoms with Gasteiger partial charge in [0.2, 0.25) is 25.0 Å². The van der Waals surface area contributed by atoms with E-state index in [-0.39, 0.29) is 16.6 Å². The lowest BCUT2D eigenvalue weighted by atomic mass is 10.1. The summed E-state index contributed by atoms with van der Waals surface area (Å²) in [5.74, 6) is 0. The Balaban J connectivity index is 1.69. The zero-order chi connectivity index (χ0) is 23.6. The summed E-state index contributed by atoms with van der Waals surface area (Å²) in [5, 5.41) is -0.0306. The molecule has 0 fully saturated rings. The number of imidazole rings is 1. The number of rotatable bonds is 8. The van der Waals surface area contributed by atoms with Crippen LogP contribution in [-0.2, 0) is 26.4 Å². The Morgan fingerprint density at radius 1 is 0.879 bits per heavy atom. The molecule has 0 spiro atoms. The lowest BCUT2D eigenvalue weighted by Crippen LogP contribution is -2.29. The zero-order valence-electron chi connectivity index (χ0n) is 18.3. The van der Waals surface area contributed by atoms with Crippen LogP contribution in [0.5, 0.6) is 0 Å². The summed E-state index contributed by atoms with van der Waals surface area (Å²) in [4.78, 5) is 4.48. The summed E-state index contributed by atoms with van der Waals surface area (Å²) in [5.41, 5.74) is 3.02. The average molecular weight is 484 g/mol. The number of nitrogens with one attached hydrogen (secondary N) is 1. The number of para-hydroxylation sites is 2. The quantitative estimate of drug-likeness (QED) is 0.410. The van der Waals surface area contributed by atoms with Gasteiger partial charge >= 0.3 is 0 Å². The molecule has 1 heterocycles. The van der Waals surface area contributed by atoms with E-state index in [0.717, 1.165) is 17.4 Å². The molecule has 0 saturated carbocycles. The highest BCUT2D eigenvalue weighted by Crippen LogP contribution is 2.25. The monoisotopic (exact) mass is 483 g/mol. The molecule has 0 bridgehead atoms. The Hall–Kier alpha value is -3.01. The van der Waals surface area contributed by atoms with E-state index in [9.17, 15) is 16.8 Å². The molecular formula is C24H25N3O4S2. The first kappa shape index (κ1) is 23.2. The lowest BCUT2D eigenvalue weighted by Gasteiger charge is -2.20. The first-order valence-electron chi connectivity index (χ1n) is 10.4. The van der Waals surface area contributed by atoms with Gasteiger partial charge in [0, 0.05) is 18.8 Å². The van der Waals surface area contributed by atoms with E-state index in [1.165, 1.54) is 0 Å². The summed E-state index contributed by atoms with van der Waals surface area (Å²) in [6.07, 6.45) is 1.46. The Bertz CT molecular complexity index is 1480. The van der Waals surface area contributed by atoms with Gasteiger partial charge in [-0.3, -0.25) is 0 Å². The fourth-order valence-electron chi connectivity index (χ4n) is 3.76. The van der Waals surface area contributed by atoms with Gasteiger partial charge in [0.05, 0.1) is 15.9 Å². The van der Waals surface area contributed by atoms with Crippen LogP contribution in [0.4, 0.5) is 0 Å². The molecule has 7 nitrogen and oxygen atoms in total. The summed E-state index contributed by atoms with van der Waals surface area (Å²) in [6.45, 7) is 2.16. The summed E-state index contributed by atoms with van der Waals surface area (Å²) in [7, 11) is -7.37. The van der Waals surface area contributed by atoms with Crippen LogP contribution in [0.15, 0.2) is 88.9 Å². The largest absolute Gasteiger partial charge is 0.315 e. The number of sulfonamides is 1. The number of nitrogens with zero attached hydrogens (tertiary/aromatic N) is 2. The molecule has 3 aromatic carbocycles. The maximum Gasteiger partial charge on any atom is 0.241 e. The van der Waals surface area contributed by atoms with Crippen LogP contribution in [0.1, 0.15) is 23.6 Å². The van der Waals surface area contributed by atoms with Gasteiger partial charge in [0.15, 0.2) is 0 Å². The number of fused-ring (bicyclic) bond motifs is 1. The van der Waals surface area contributed by atoms with Crippen molar-refractivity contribution in [2.24, 2.45) is 0 Å². The Kier molecular flexibility index (Phi) is 6.38. The summed E-state index contributed by atoms with van der Waals surface area (Å²) >= 11 is 0. The highest BCUT2D eigenvalue weighted by molar-refractivity contribution is 7.90. The smallest absolute Gasteiger partial charge is 0.241 e. The maximum atomic E-state index is 13.1. The van der Waals surface area contributed by atoms with Crippen LogP contribution in [0, 0.1) is 6.92 Å². The van der Waals surface area contributed by atoms with Crippen molar-refractivity contribution in [3.63, 3.8) is 0 Å². The van der Waals surface area contributed by atoms with Crippen molar-refractivity contribution in [2.75, 3.05) is 6.26 Å². The predicted octanol–water partition coefficient (Wildman–Crippen LogP) is 3.86.